The fourth-order valence-electron chi connectivity index (χ4n) is 1.67. The molecule has 19 heavy (non-hydrogen) atoms. The van der Waals surface area contributed by atoms with Gasteiger partial charge in [-0.1, -0.05) is 0 Å². The molecule has 0 saturated heterocycles. The van der Waals surface area contributed by atoms with Crippen molar-refractivity contribution in [1.29, 1.82) is 0 Å². The Labute approximate surface area is 109 Å². The van der Waals surface area contributed by atoms with E-state index >= 15 is 0 Å². The molecular weight excluding hydrogens is 252 g/mol. The van der Waals surface area contributed by atoms with Gasteiger partial charge in [0, 0.05) is 6.07 Å². The van der Waals surface area contributed by atoms with Gasteiger partial charge in [-0.25, -0.2) is 4.79 Å². The summed E-state index contributed by atoms with van der Waals surface area (Å²) in [6.45, 7) is 1.07. The van der Waals surface area contributed by atoms with Crippen LogP contribution in [0.5, 0.6) is 11.5 Å². The first-order valence-electron chi connectivity index (χ1n) is 5.67. The Morgan fingerprint density at radius 3 is 2.95 bits per heavy atom. The third-order valence-corrected chi connectivity index (χ3v) is 2.76. The first-order valence-corrected chi connectivity index (χ1v) is 5.67. The summed E-state index contributed by atoms with van der Waals surface area (Å²) in [5, 5.41) is 9.79. The molecule has 6 heteroatoms. The number of hydrogen-bond donors (Lipinski definition) is 1. The van der Waals surface area contributed by atoms with Gasteiger partial charge in [0.2, 0.25) is 5.78 Å². The Kier molecular flexibility index (Phi) is 3.44. The van der Waals surface area contributed by atoms with Crippen molar-refractivity contribution >= 4 is 11.8 Å². The molecule has 1 aromatic carbocycles. The van der Waals surface area contributed by atoms with E-state index in [-0.39, 0.29) is 19.0 Å². The molecular formula is C13H14O6. The Hall–Kier alpha value is -2.08. The summed E-state index contributed by atoms with van der Waals surface area (Å²) in [6.07, 6.45) is 0. The molecule has 1 atom stereocenters. The van der Waals surface area contributed by atoms with Crippen molar-refractivity contribution in [1.82, 2.24) is 0 Å². The second kappa shape index (κ2) is 4.89. The van der Waals surface area contributed by atoms with Gasteiger partial charge in [-0.3, -0.25) is 4.79 Å². The summed E-state index contributed by atoms with van der Waals surface area (Å²) in [7, 11) is 1.19. The number of carbonyl (C=O) groups excluding carboxylic acids is 2. The summed E-state index contributed by atoms with van der Waals surface area (Å²) >= 11 is 0. The van der Waals surface area contributed by atoms with Crippen molar-refractivity contribution in [2.75, 3.05) is 20.3 Å². The first kappa shape index (κ1) is 13.4. The number of carbonyl (C=O) groups is 2. The monoisotopic (exact) mass is 266 g/mol. The number of ether oxygens (including phenoxy) is 3. The van der Waals surface area contributed by atoms with Crippen molar-refractivity contribution < 1.29 is 28.9 Å². The highest BCUT2D eigenvalue weighted by molar-refractivity contribution is 6.02. The van der Waals surface area contributed by atoms with Crippen LogP contribution in [0, 0.1) is 0 Å². The average molecular weight is 266 g/mol. The van der Waals surface area contributed by atoms with E-state index in [4.69, 9.17) is 9.47 Å². The quantitative estimate of drug-likeness (QED) is 0.802. The van der Waals surface area contributed by atoms with E-state index in [1.54, 1.807) is 18.2 Å². The lowest BCUT2D eigenvalue weighted by molar-refractivity contribution is -0.163. The number of hydrogen-bond acceptors (Lipinski definition) is 6. The van der Waals surface area contributed by atoms with Gasteiger partial charge < -0.3 is 19.3 Å². The van der Waals surface area contributed by atoms with Gasteiger partial charge in [0.25, 0.3) is 0 Å². The summed E-state index contributed by atoms with van der Waals surface area (Å²) in [5.74, 6) is -0.0129. The molecule has 2 rings (SSSR count). The average Bonchev–Trinajstić information content (AvgIpc) is 2.77. The molecule has 1 heterocycles. The van der Waals surface area contributed by atoms with Gasteiger partial charge in [-0.05, 0) is 19.1 Å². The predicted molar refractivity (Wildman–Crippen MR) is 64.4 cm³/mol. The standard InChI is InChI=1S/C13H14O6/c1-13(16,12(15)17-2)7-19-8-3-4-9-10(14)6-18-11(9)5-8/h3-5,16H,6-7H2,1-2H3. The zero-order chi connectivity index (χ0) is 14.0. The van der Waals surface area contributed by atoms with Gasteiger partial charge in [-0.15, -0.1) is 0 Å². The minimum absolute atomic E-state index is 0.0265. The van der Waals surface area contributed by atoms with Gasteiger partial charge >= 0.3 is 5.97 Å². The van der Waals surface area contributed by atoms with Crippen LogP contribution in [0.1, 0.15) is 17.3 Å². The van der Waals surface area contributed by atoms with E-state index in [1.165, 1.54) is 14.0 Å². The topological polar surface area (TPSA) is 82.1 Å². The maximum Gasteiger partial charge on any atom is 0.341 e. The second-order valence-electron chi connectivity index (χ2n) is 4.42. The van der Waals surface area contributed by atoms with Gasteiger partial charge in [0.1, 0.15) is 18.1 Å². The van der Waals surface area contributed by atoms with E-state index in [9.17, 15) is 14.7 Å². The number of Topliss-reactive ketones (excluding diaryl/α,β-unsaturated/α-hetero) is 1. The molecule has 1 aromatic rings. The predicted octanol–water partition coefficient (Wildman–Crippen LogP) is 0.565. The lowest BCUT2D eigenvalue weighted by Crippen LogP contribution is -2.42. The number of methoxy groups -OCH3 is 1. The smallest absolute Gasteiger partial charge is 0.341 e. The van der Waals surface area contributed by atoms with Crippen LogP contribution in [0.2, 0.25) is 0 Å². The largest absolute Gasteiger partial charge is 0.490 e. The maximum atomic E-state index is 11.4. The minimum atomic E-state index is -1.73. The van der Waals surface area contributed by atoms with Crippen molar-refractivity contribution in [3.63, 3.8) is 0 Å². The van der Waals surface area contributed by atoms with E-state index in [0.29, 0.717) is 17.1 Å². The summed E-state index contributed by atoms with van der Waals surface area (Å²) < 4.78 is 14.9. The fourth-order valence-corrected chi connectivity index (χ4v) is 1.67. The van der Waals surface area contributed by atoms with E-state index in [1.807, 2.05) is 0 Å². The molecule has 1 aliphatic rings. The third kappa shape index (κ3) is 2.68. The van der Waals surface area contributed by atoms with Crippen LogP contribution in [0.25, 0.3) is 0 Å². The summed E-state index contributed by atoms with van der Waals surface area (Å²) in [6, 6.07) is 4.72. The summed E-state index contributed by atoms with van der Waals surface area (Å²) in [4.78, 5) is 22.6. The molecule has 0 bridgehead atoms. The SMILES string of the molecule is COC(=O)C(C)(O)COc1ccc2c(c1)OCC2=O. The van der Waals surface area contributed by atoms with Crippen molar-refractivity contribution in [2.24, 2.45) is 0 Å². The molecule has 0 aromatic heterocycles. The van der Waals surface area contributed by atoms with Crippen LogP contribution in [-0.2, 0) is 9.53 Å². The highest BCUT2D eigenvalue weighted by Crippen LogP contribution is 2.29. The number of benzene rings is 1. The normalized spacial score (nSPS) is 16.3. The van der Waals surface area contributed by atoms with Crippen molar-refractivity contribution in [3.05, 3.63) is 23.8 Å². The van der Waals surface area contributed by atoms with E-state index in [2.05, 4.69) is 4.74 Å². The maximum absolute atomic E-state index is 11.4. The first-order chi connectivity index (χ1) is 8.94. The number of rotatable bonds is 4. The molecule has 0 fully saturated rings. The van der Waals surface area contributed by atoms with Crippen molar-refractivity contribution in [3.8, 4) is 11.5 Å². The number of ketones is 1. The molecule has 0 spiro atoms. The van der Waals surface area contributed by atoms with Gasteiger partial charge in [0.05, 0.1) is 12.7 Å². The van der Waals surface area contributed by atoms with Crippen LogP contribution in [0.4, 0.5) is 0 Å². The molecule has 0 saturated carbocycles. The summed E-state index contributed by atoms with van der Waals surface area (Å²) in [5.41, 5.74) is -1.23. The Morgan fingerprint density at radius 1 is 1.53 bits per heavy atom. The molecule has 0 amide bonds. The molecule has 1 N–H and O–H groups in total. The fraction of sp³-hybridized carbons (Fsp3) is 0.385. The van der Waals surface area contributed by atoms with Crippen molar-refractivity contribution in [2.45, 2.75) is 12.5 Å². The van der Waals surface area contributed by atoms with Crippen LogP contribution in [0.3, 0.4) is 0 Å². The Morgan fingerprint density at radius 2 is 2.26 bits per heavy atom. The third-order valence-electron chi connectivity index (χ3n) is 2.76. The van der Waals surface area contributed by atoms with E-state index < -0.39 is 11.6 Å². The lowest BCUT2D eigenvalue weighted by Gasteiger charge is -2.20. The molecule has 6 nitrogen and oxygen atoms in total. The molecule has 1 unspecified atom stereocenters. The van der Waals surface area contributed by atoms with Crippen LogP contribution >= 0.6 is 0 Å². The second-order valence-corrected chi connectivity index (χ2v) is 4.42. The van der Waals surface area contributed by atoms with Gasteiger partial charge in [0.15, 0.2) is 12.2 Å². The number of fused-ring (bicyclic) bond motifs is 1. The molecule has 102 valence electrons. The highest BCUT2D eigenvalue weighted by atomic mass is 16.6. The Bertz CT molecular complexity index is 520. The van der Waals surface area contributed by atoms with Crippen LogP contribution in [-0.4, -0.2) is 42.8 Å². The Balaban J connectivity index is 2.05. The molecule has 1 aliphatic heterocycles. The van der Waals surface area contributed by atoms with E-state index in [0.717, 1.165) is 0 Å². The molecule has 0 aliphatic carbocycles. The minimum Gasteiger partial charge on any atom is -0.490 e. The number of esters is 1. The van der Waals surface area contributed by atoms with Crippen LogP contribution in [0.15, 0.2) is 18.2 Å². The lowest BCUT2D eigenvalue weighted by atomic mass is 10.1. The van der Waals surface area contributed by atoms with Gasteiger partial charge in [-0.2, -0.15) is 0 Å². The number of aliphatic hydroxyl groups is 1. The highest BCUT2D eigenvalue weighted by Gasteiger charge is 2.32. The zero-order valence-corrected chi connectivity index (χ0v) is 10.6. The van der Waals surface area contributed by atoms with Crippen LogP contribution < -0.4 is 9.47 Å². The molecule has 0 radical (unpaired) electrons. The zero-order valence-electron chi connectivity index (χ0n) is 10.6.